The van der Waals surface area contributed by atoms with Crippen LogP contribution in [0, 0.1) is 0 Å². The molecule has 1 saturated heterocycles. The summed E-state index contributed by atoms with van der Waals surface area (Å²) in [5, 5.41) is 12.4. The molecule has 1 unspecified atom stereocenters. The number of carbonyl (C=O) groups is 1. The number of benzene rings is 2. The molecule has 1 amide bonds. The van der Waals surface area contributed by atoms with Gasteiger partial charge in [-0.2, -0.15) is 0 Å². The molecule has 2 aromatic carbocycles. The standard InChI is InChI=1S/C24H26N2O2S/c27-21(22-12-7-17-29-22)18-25-13-15-26(16-14-25)24(28)23(19-8-3-1-4-9-19)20-10-5-2-6-11-20/h1-12,17,21,23,27H,13-16,18H2. The average Bonchev–Trinajstić information content (AvgIpc) is 3.31. The molecule has 5 heteroatoms. The van der Waals surface area contributed by atoms with Crippen LogP contribution < -0.4 is 0 Å². The van der Waals surface area contributed by atoms with E-state index in [-0.39, 0.29) is 11.8 Å². The molecule has 0 bridgehead atoms. The van der Waals surface area contributed by atoms with Crippen molar-refractivity contribution in [2.75, 3.05) is 32.7 Å². The van der Waals surface area contributed by atoms with E-state index in [1.807, 2.05) is 83.1 Å². The molecular formula is C24H26N2O2S. The highest BCUT2D eigenvalue weighted by Crippen LogP contribution is 2.27. The first kappa shape index (κ1) is 19.8. The Bertz CT molecular complexity index is 852. The first-order valence-corrected chi connectivity index (χ1v) is 10.9. The number of aliphatic hydroxyl groups excluding tert-OH is 1. The largest absolute Gasteiger partial charge is 0.386 e. The van der Waals surface area contributed by atoms with Crippen molar-refractivity contribution in [1.29, 1.82) is 0 Å². The monoisotopic (exact) mass is 406 g/mol. The fraction of sp³-hybridized carbons (Fsp3) is 0.292. The molecule has 2 heterocycles. The molecule has 3 aromatic rings. The first-order valence-electron chi connectivity index (χ1n) is 10.0. The van der Waals surface area contributed by atoms with Gasteiger partial charge >= 0.3 is 0 Å². The molecule has 1 aliphatic rings. The topological polar surface area (TPSA) is 43.8 Å². The number of thiophene rings is 1. The van der Waals surface area contributed by atoms with Crippen molar-refractivity contribution in [3.8, 4) is 0 Å². The highest BCUT2D eigenvalue weighted by atomic mass is 32.1. The van der Waals surface area contributed by atoms with Crippen molar-refractivity contribution in [3.05, 3.63) is 94.2 Å². The fourth-order valence-electron chi connectivity index (χ4n) is 3.92. The Kier molecular flexibility index (Phi) is 6.39. The Hall–Kier alpha value is -2.47. The third-order valence-corrected chi connectivity index (χ3v) is 6.47. The van der Waals surface area contributed by atoms with Crippen LogP contribution in [0.15, 0.2) is 78.2 Å². The van der Waals surface area contributed by atoms with E-state index in [2.05, 4.69) is 4.90 Å². The van der Waals surface area contributed by atoms with Gasteiger partial charge in [0.25, 0.3) is 0 Å². The molecule has 29 heavy (non-hydrogen) atoms. The van der Waals surface area contributed by atoms with Crippen molar-refractivity contribution >= 4 is 17.2 Å². The Balaban J connectivity index is 1.43. The normalized spacial score (nSPS) is 16.1. The lowest BCUT2D eigenvalue weighted by molar-refractivity contribution is -0.133. The van der Waals surface area contributed by atoms with Crippen LogP contribution in [0.2, 0.25) is 0 Å². The molecule has 4 nitrogen and oxygen atoms in total. The summed E-state index contributed by atoms with van der Waals surface area (Å²) in [7, 11) is 0. The summed E-state index contributed by atoms with van der Waals surface area (Å²) in [4.78, 5) is 18.7. The number of aliphatic hydroxyl groups is 1. The molecule has 1 atom stereocenters. The zero-order valence-corrected chi connectivity index (χ0v) is 17.2. The summed E-state index contributed by atoms with van der Waals surface area (Å²) in [5.74, 6) is -0.124. The molecule has 0 saturated carbocycles. The van der Waals surface area contributed by atoms with Crippen molar-refractivity contribution in [2.45, 2.75) is 12.0 Å². The maximum Gasteiger partial charge on any atom is 0.234 e. The Morgan fingerprint density at radius 2 is 1.45 bits per heavy atom. The maximum absolute atomic E-state index is 13.5. The Morgan fingerprint density at radius 3 is 1.97 bits per heavy atom. The van der Waals surface area contributed by atoms with Gasteiger partial charge in [0, 0.05) is 37.6 Å². The van der Waals surface area contributed by atoms with E-state index >= 15 is 0 Å². The third kappa shape index (κ3) is 4.75. The van der Waals surface area contributed by atoms with Crippen LogP contribution in [0.25, 0.3) is 0 Å². The van der Waals surface area contributed by atoms with Gasteiger partial charge in [-0.25, -0.2) is 0 Å². The highest BCUT2D eigenvalue weighted by molar-refractivity contribution is 7.10. The minimum Gasteiger partial charge on any atom is -0.386 e. The molecular weight excluding hydrogens is 380 g/mol. The van der Waals surface area contributed by atoms with E-state index in [1.165, 1.54) is 0 Å². The maximum atomic E-state index is 13.5. The van der Waals surface area contributed by atoms with Gasteiger partial charge in [0.05, 0.1) is 5.92 Å². The summed E-state index contributed by atoms with van der Waals surface area (Å²) < 4.78 is 0. The van der Waals surface area contributed by atoms with Crippen molar-refractivity contribution in [2.24, 2.45) is 0 Å². The summed E-state index contributed by atoms with van der Waals surface area (Å²) >= 11 is 1.58. The number of carbonyl (C=O) groups excluding carboxylic acids is 1. The predicted octanol–water partition coefficient (Wildman–Crippen LogP) is 3.76. The van der Waals surface area contributed by atoms with Crippen LogP contribution in [0.5, 0.6) is 0 Å². The molecule has 0 radical (unpaired) electrons. The summed E-state index contributed by atoms with van der Waals surface area (Å²) in [6, 6.07) is 24.0. The van der Waals surface area contributed by atoms with Gasteiger partial charge in [0.1, 0.15) is 6.10 Å². The number of β-amino-alcohol motifs (C(OH)–C–C–N with tert-alkyl or cyclic N) is 1. The zero-order chi connectivity index (χ0) is 20.1. The number of rotatable bonds is 6. The van der Waals surface area contributed by atoms with Crippen molar-refractivity contribution < 1.29 is 9.90 Å². The molecule has 1 fully saturated rings. The van der Waals surface area contributed by atoms with Gasteiger partial charge < -0.3 is 10.0 Å². The number of piperazine rings is 1. The van der Waals surface area contributed by atoms with Crippen LogP contribution in [-0.4, -0.2) is 53.5 Å². The number of hydrogen-bond acceptors (Lipinski definition) is 4. The first-order chi connectivity index (χ1) is 14.2. The fourth-order valence-corrected chi connectivity index (χ4v) is 4.62. The number of nitrogens with zero attached hydrogens (tertiary/aromatic N) is 2. The summed E-state index contributed by atoms with van der Waals surface area (Å²) in [6.45, 7) is 3.55. The second kappa shape index (κ2) is 9.35. The van der Waals surface area contributed by atoms with E-state index in [4.69, 9.17) is 0 Å². The zero-order valence-electron chi connectivity index (χ0n) is 16.4. The van der Waals surface area contributed by atoms with Gasteiger partial charge in [-0.15, -0.1) is 11.3 Å². The SMILES string of the molecule is O=C(C(c1ccccc1)c1ccccc1)N1CCN(CC(O)c2cccs2)CC1. The summed E-state index contributed by atoms with van der Waals surface area (Å²) in [6.07, 6.45) is -0.460. The van der Waals surface area contributed by atoms with E-state index in [0.717, 1.165) is 29.1 Å². The second-order valence-electron chi connectivity index (χ2n) is 7.41. The van der Waals surface area contributed by atoms with Gasteiger partial charge in [-0.05, 0) is 22.6 Å². The van der Waals surface area contributed by atoms with Gasteiger partial charge in [0.15, 0.2) is 0 Å². The average molecular weight is 407 g/mol. The van der Waals surface area contributed by atoms with Gasteiger partial charge in [-0.1, -0.05) is 66.7 Å². The molecule has 0 aliphatic carbocycles. The lowest BCUT2D eigenvalue weighted by Gasteiger charge is -2.37. The molecule has 1 aliphatic heterocycles. The van der Waals surface area contributed by atoms with E-state index in [1.54, 1.807) is 11.3 Å². The minimum atomic E-state index is -0.460. The van der Waals surface area contributed by atoms with Crippen molar-refractivity contribution in [1.82, 2.24) is 9.80 Å². The Morgan fingerprint density at radius 1 is 0.862 bits per heavy atom. The molecule has 1 N–H and O–H groups in total. The molecule has 0 spiro atoms. The molecule has 1 aromatic heterocycles. The van der Waals surface area contributed by atoms with Gasteiger partial charge in [-0.3, -0.25) is 9.69 Å². The highest BCUT2D eigenvalue weighted by Gasteiger charge is 2.30. The van der Waals surface area contributed by atoms with Crippen molar-refractivity contribution in [3.63, 3.8) is 0 Å². The van der Waals surface area contributed by atoms with Crippen LogP contribution in [0.3, 0.4) is 0 Å². The smallest absolute Gasteiger partial charge is 0.234 e. The predicted molar refractivity (Wildman–Crippen MR) is 117 cm³/mol. The van der Waals surface area contributed by atoms with E-state index < -0.39 is 6.10 Å². The second-order valence-corrected chi connectivity index (χ2v) is 8.39. The van der Waals surface area contributed by atoms with Crippen LogP contribution in [-0.2, 0) is 4.79 Å². The summed E-state index contributed by atoms with van der Waals surface area (Å²) in [5.41, 5.74) is 2.05. The molecule has 150 valence electrons. The number of hydrogen-bond donors (Lipinski definition) is 1. The number of amides is 1. The Labute approximate surface area is 176 Å². The van der Waals surface area contributed by atoms with Crippen LogP contribution in [0.4, 0.5) is 0 Å². The van der Waals surface area contributed by atoms with Crippen LogP contribution in [0.1, 0.15) is 28.0 Å². The van der Waals surface area contributed by atoms with E-state index in [9.17, 15) is 9.90 Å². The van der Waals surface area contributed by atoms with Crippen LogP contribution >= 0.6 is 11.3 Å². The minimum absolute atomic E-state index is 0.154. The quantitative estimate of drug-likeness (QED) is 0.678. The van der Waals surface area contributed by atoms with E-state index in [0.29, 0.717) is 19.6 Å². The molecule has 4 rings (SSSR count). The lowest BCUT2D eigenvalue weighted by Crippen LogP contribution is -2.50. The third-order valence-electron chi connectivity index (χ3n) is 5.50. The van der Waals surface area contributed by atoms with Gasteiger partial charge in [0.2, 0.25) is 5.91 Å². The lowest BCUT2D eigenvalue weighted by atomic mass is 9.90.